The smallest absolute Gasteiger partial charge is 0.109 e. The van der Waals surface area contributed by atoms with E-state index in [-0.39, 0.29) is 0 Å². The second kappa shape index (κ2) is 3.64. The maximum Gasteiger partial charge on any atom is 0.109 e. The van der Waals surface area contributed by atoms with E-state index in [4.69, 9.17) is 0 Å². The van der Waals surface area contributed by atoms with Gasteiger partial charge in [0.15, 0.2) is 0 Å². The SMILES string of the molecule is CC1CC(C)(C)[NH2+]C(C)c2ccccc21. The van der Waals surface area contributed by atoms with E-state index < -0.39 is 0 Å². The minimum atomic E-state index is 0.359. The predicted octanol–water partition coefficient (Wildman–Crippen LogP) is 2.60. The number of hydrogen-bond donors (Lipinski definition) is 1. The molecule has 0 amide bonds. The lowest BCUT2D eigenvalue weighted by Crippen LogP contribution is -2.95. The third-order valence-corrected chi connectivity index (χ3v) is 3.55. The van der Waals surface area contributed by atoms with Crippen LogP contribution in [0.4, 0.5) is 0 Å². The van der Waals surface area contributed by atoms with Gasteiger partial charge in [0.2, 0.25) is 0 Å². The summed E-state index contributed by atoms with van der Waals surface area (Å²) < 4.78 is 0. The number of hydrogen-bond acceptors (Lipinski definition) is 0. The van der Waals surface area contributed by atoms with Crippen molar-refractivity contribution in [3.63, 3.8) is 0 Å². The van der Waals surface area contributed by atoms with Crippen LogP contribution in [-0.4, -0.2) is 5.54 Å². The van der Waals surface area contributed by atoms with Crippen LogP contribution in [0.1, 0.15) is 57.2 Å². The molecule has 1 heteroatoms. The summed E-state index contributed by atoms with van der Waals surface area (Å²) in [5, 5.41) is 2.51. The second-order valence-electron chi connectivity index (χ2n) is 5.68. The third-order valence-electron chi connectivity index (χ3n) is 3.55. The molecule has 0 spiro atoms. The number of nitrogens with two attached hydrogens (primary N) is 1. The van der Waals surface area contributed by atoms with Crippen molar-refractivity contribution in [3.05, 3.63) is 35.4 Å². The Balaban J connectivity index is 2.45. The molecule has 1 aromatic rings. The average molecular weight is 204 g/mol. The van der Waals surface area contributed by atoms with E-state index in [1.165, 1.54) is 12.0 Å². The Bertz CT molecular complexity index is 321. The first-order chi connectivity index (χ1) is 6.99. The van der Waals surface area contributed by atoms with Gasteiger partial charge < -0.3 is 5.32 Å². The van der Waals surface area contributed by atoms with E-state index in [1.54, 1.807) is 5.56 Å². The fourth-order valence-electron chi connectivity index (χ4n) is 3.11. The fourth-order valence-corrected chi connectivity index (χ4v) is 3.11. The molecule has 82 valence electrons. The molecule has 0 bridgehead atoms. The van der Waals surface area contributed by atoms with Crippen molar-refractivity contribution in [2.75, 3.05) is 0 Å². The van der Waals surface area contributed by atoms with Gasteiger partial charge in [0, 0.05) is 12.0 Å². The summed E-state index contributed by atoms with van der Waals surface area (Å²) in [5.41, 5.74) is 3.43. The third kappa shape index (κ3) is 2.07. The van der Waals surface area contributed by atoms with Gasteiger partial charge in [-0.25, -0.2) is 0 Å². The first-order valence-corrected chi connectivity index (χ1v) is 5.94. The van der Waals surface area contributed by atoms with Crippen LogP contribution in [0.3, 0.4) is 0 Å². The molecule has 1 aromatic carbocycles. The Hall–Kier alpha value is -0.820. The lowest BCUT2D eigenvalue weighted by molar-refractivity contribution is -0.754. The highest BCUT2D eigenvalue weighted by Crippen LogP contribution is 2.31. The van der Waals surface area contributed by atoms with Gasteiger partial charge in [-0.1, -0.05) is 31.2 Å². The monoisotopic (exact) mass is 204 g/mol. The van der Waals surface area contributed by atoms with Crippen molar-refractivity contribution in [2.24, 2.45) is 0 Å². The number of fused-ring (bicyclic) bond motifs is 1. The molecule has 1 aliphatic rings. The fraction of sp³-hybridized carbons (Fsp3) is 0.571. The molecule has 2 unspecified atom stereocenters. The summed E-state index contributed by atoms with van der Waals surface area (Å²) in [7, 11) is 0. The highest BCUT2D eigenvalue weighted by atomic mass is 15.0. The number of quaternary nitrogens is 1. The molecule has 1 heterocycles. The van der Waals surface area contributed by atoms with Gasteiger partial charge in [0.1, 0.15) is 6.04 Å². The zero-order chi connectivity index (χ0) is 11.1. The largest absolute Gasteiger partial charge is 0.336 e. The Morgan fingerprint density at radius 3 is 2.40 bits per heavy atom. The quantitative estimate of drug-likeness (QED) is 0.669. The van der Waals surface area contributed by atoms with E-state index in [0.717, 1.165) is 0 Å². The van der Waals surface area contributed by atoms with Crippen LogP contribution in [0.2, 0.25) is 0 Å². The van der Waals surface area contributed by atoms with Gasteiger partial charge >= 0.3 is 0 Å². The van der Waals surface area contributed by atoms with Crippen molar-refractivity contribution in [1.82, 2.24) is 0 Å². The standard InChI is InChI=1S/C14H21N/c1-10-9-14(3,4)15-11(2)13-8-6-5-7-12(10)13/h5-8,10-11,15H,9H2,1-4H3/p+1. The molecule has 2 atom stereocenters. The lowest BCUT2D eigenvalue weighted by atomic mass is 9.87. The molecule has 15 heavy (non-hydrogen) atoms. The van der Waals surface area contributed by atoms with Crippen LogP contribution in [0.15, 0.2) is 24.3 Å². The highest BCUT2D eigenvalue weighted by molar-refractivity contribution is 5.32. The van der Waals surface area contributed by atoms with Crippen LogP contribution in [-0.2, 0) is 0 Å². The van der Waals surface area contributed by atoms with Crippen molar-refractivity contribution in [2.45, 2.75) is 51.6 Å². The molecular weight excluding hydrogens is 182 g/mol. The van der Waals surface area contributed by atoms with Gasteiger partial charge in [-0.2, -0.15) is 0 Å². The van der Waals surface area contributed by atoms with Crippen LogP contribution < -0.4 is 5.32 Å². The predicted molar refractivity (Wildman–Crippen MR) is 63.9 cm³/mol. The van der Waals surface area contributed by atoms with Crippen LogP contribution >= 0.6 is 0 Å². The Kier molecular flexibility index (Phi) is 2.59. The van der Waals surface area contributed by atoms with Crippen LogP contribution in [0.5, 0.6) is 0 Å². The van der Waals surface area contributed by atoms with Crippen molar-refractivity contribution >= 4 is 0 Å². The molecule has 0 fully saturated rings. The Labute approximate surface area is 92.9 Å². The van der Waals surface area contributed by atoms with Crippen molar-refractivity contribution in [1.29, 1.82) is 0 Å². The Morgan fingerprint density at radius 1 is 1.13 bits per heavy atom. The summed E-state index contributed by atoms with van der Waals surface area (Å²) >= 11 is 0. The molecule has 0 aliphatic carbocycles. The van der Waals surface area contributed by atoms with Gasteiger partial charge in [-0.3, -0.25) is 0 Å². The summed E-state index contributed by atoms with van der Waals surface area (Å²) in [6, 6.07) is 9.50. The molecule has 0 saturated heterocycles. The minimum Gasteiger partial charge on any atom is -0.336 e. The van der Waals surface area contributed by atoms with Gasteiger partial charge in [0.25, 0.3) is 0 Å². The second-order valence-corrected chi connectivity index (χ2v) is 5.68. The molecular formula is C14H22N+. The molecule has 2 rings (SSSR count). The van der Waals surface area contributed by atoms with Crippen LogP contribution in [0, 0.1) is 0 Å². The molecule has 1 aliphatic heterocycles. The van der Waals surface area contributed by atoms with Crippen molar-refractivity contribution in [3.8, 4) is 0 Å². The van der Waals surface area contributed by atoms with Gasteiger partial charge in [-0.15, -0.1) is 0 Å². The van der Waals surface area contributed by atoms with E-state index in [0.29, 0.717) is 17.5 Å². The molecule has 0 saturated carbocycles. The van der Waals surface area contributed by atoms with E-state index in [9.17, 15) is 0 Å². The topological polar surface area (TPSA) is 16.6 Å². The molecule has 0 radical (unpaired) electrons. The Morgan fingerprint density at radius 2 is 1.73 bits per heavy atom. The van der Waals surface area contributed by atoms with E-state index >= 15 is 0 Å². The summed E-state index contributed by atoms with van der Waals surface area (Å²) in [6.07, 6.45) is 1.26. The zero-order valence-electron chi connectivity index (χ0n) is 10.2. The van der Waals surface area contributed by atoms with E-state index in [1.807, 2.05) is 0 Å². The lowest BCUT2D eigenvalue weighted by Gasteiger charge is -2.24. The first kappa shape index (κ1) is 10.7. The summed E-state index contributed by atoms with van der Waals surface area (Å²) in [5.74, 6) is 0.678. The number of benzene rings is 1. The summed E-state index contributed by atoms with van der Waals surface area (Å²) in [6.45, 7) is 9.38. The molecule has 1 nitrogen and oxygen atoms in total. The summed E-state index contributed by atoms with van der Waals surface area (Å²) in [4.78, 5) is 0. The van der Waals surface area contributed by atoms with Crippen molar-refractivity contribution < 1.29 is 5.32 Å². The normalized spacial score (nSPS) is 29.3. The highest BCUT2D eigenvalue weighted by Gasteiger charge is 2.33. The molecule has 2 N–H and O–H groups in total. The number of rotatable bonds is 0. The van der Waals surface area contributed by atoms with Crippen LogP contribution in [0.25, 0.3) is 0 Å². The molecule has 0 aromatic heterocycles. The minimum absolute atomic E-state index is 0.359. The van der Waals surface area contributed by atoms with Gasteiger partial charge in [-0.05, 0) is 32.3 Å². The van der Waals surface area contributed by atoms with E-state index in [2.05, 4.69) is 57.3 Å². The first-order valence-electron chi connectivity index (χ1n) is 5.94. The maximum atomic E-state index is 2.51. The maximum absolute atomic E-state index is 2.51. The van der Waals surface area contributed by atoms with Gasteiger partial charge in [0.05, 0.1) is 5.54 Å². The average Bonchev–Trinajstić information content (AvgIpc) is 2.23. The zero-order valence-corrected chi connectivity index (χ0v) is 10.2.